The highest BCUT2D eigenvalue weighted by Crippen LogP contribution is 2.14. The third-order valence-electron chi connectivity index (χ3n) is 3.95. The first-order valence-electron chi connectivity index (χ1n) is 7.40. The highest BCUT2D eigenvalue weighted by Gasteiger charge is 2.20. The fraction of sp³-hybridized carbons (Fsp3) is 0.714. The molecule has 1 aromatic rings. The largest absolute Gasteiger partial charge is 0.390 e. The number of sulfonamides is 1. The van der Waals surface area contributed by atoms with Crippen LogP contribution in [-0.4, -0.2) is 49.2 Å². The van der Waals surface area contributed by atoms with E-state index in [4.69, 9.17) is 5.11 Å². The van der Waals surface area contributed by atoms with Gasteiger partial charge in [0.05, 0.1) is 11.5 Å². The van der Waals surface area contributed by atoms with Crippen molar-refractivity contribution in [3.8, 4) is 0 Å². The minimum absolute atomic E-state index is 0.169. The molecule has 0 bridgehead atoms. The van der Waals surface area contributed by atoms with Gasteiger partial charge in [-0.15, -0.1) is 0 Å². The van der Waals surface area contributed by atoms with Gasteiger partial charge in [0, 0.05) is 32.0 Å². The number of aliphatic hydroxyl groups excluding tert-OH is 1. The summed E-state index contributed by atoms with van der Waals surface area (Å²) in [6, 6.07) is 1.51. The first-order valence-corrected chi connectivity index (χ1v) is 8.89. The standard InChI is InChI=1S/C14H25N3O3S/c1-12(9-17-5-3-4-6-17)8-15-21(19,20)14-7-13(11-18)16(2)10-14/h7,10,12,15,18H,3-6,8-9,11H2,1-2H3. The van der Waals surface area contributed by atoms with Gasteiger partial charge in [0.15, 0.2) is 0 Å². The molecule has 7 heteroatoms. The second-order valence-corrected chi connectivity index (χ2v) is 7.67. The first kappa shape index (κ1) is 16.5. The van der Waals surface area contributed by atoms with Crippen LogP contribution in [0.15, 0.2) is 17.2 Å². The van der Waals surface area contributed by atoms with Gasteiger partial charge in [-0.2, -0.15) is 0 Å². The zero-order valence-electron chi connectivity index (χ0n) is 12.7. The molecule has 1 aromatic heterocycles. The highest BCUT2D eigenvalue weighted by molar-refractivity contribution is 7.89. The molecule has 0 aliphatic carbocycles. The van der Waals surface area contributed by atoms with Crippen molar-refractivity contribution in [2.75, 3.05) is 26.2 Å². The second-order valence-electron chi connectivity index (χ2n) is 5.90. The molecule has 0 radical (unpaired) electrons. The summed E-state index contributed by atoms with van der Waals surface area (Å²) in [7, 11) is -1.78. The summed E-state index contributed by atoms with van der Waals surface area (Å²) in [5.41, 5.74) is 0.584. The van der Waals surface area contributed by atoms with Crippen LogP contribution in [0.3, 0.4) is 0 Å². The van der Waals surface area contributed by atoms with Crippen molar-refractivity contribution in [3.05, 3.63) is 18.0 Å². The van der Waals surface area contributed by atoms with E-state index in [1.165, 1.54) is 25.1 Å². The van der Waals surface area contributed by atoms with Crippen LogP contribution in [0.4, 0.5) is 0 Å². The molecule has 120 valence electrons. The number of aromatic nitrogens is 1. The number of aliphatic hydroxyl groups is 1. The predicted octanol–water partition coefficient (Wildman–Crippen LogP) is 0.528. The molecule has 2 rings (SSSR count). The molecule has 1 aliphatic rings. The number of nitrogens with zero attached hydrogens (tertiary/aromatic N) is 2. The fourth-order valence-electron chi connectivity index (χ4n) is 2.69. The number of aryl methyl sites for hydroxylation is 1. The summed E-state index contributed by atoms with van der Waals surface area (Å²) in [4.78, 5) is 2.59. The van der Waals surface area contributed by atoms with Crippen molar-refractivity contribution in [2.24, 2.45) is 13.0 Å². The van der Waals surface area contributed by atoms with Crippen LogP contribution < -0.4 is 4.72 Å². The average Bonchev–Trinajstić information content (AvgIpc) is 3.06. The van der Waals surface area contributed by atoms with E-state index < -0.39 is 10.0 Å². The maximum atomic E-state index is 12.2. The first-order chi connectivity index (χ1) is 9.92. The quantitative estimate of drug-likeness (QED) is 0.770. The van der Waals surface area contributed by atoms with Gasteiger partial charge in [-0.1, -0.05) is 6.92 Å². The van der Waals surface area contributed by atoms with Crippen LogP contribution in [0, 0.1) is 5.92 Å². The van der Waals surface area contributed by atoms with E-state index in [0.717, 1.165) is 19.6 Å². The van der Waals surface area contributed by atoms with E-state index in [1.807, 2.05) is 0 Å². The molecule has 0 amide bonds. The number of hydrogen-bond acceptors (Lipinski definition) is 4. The number of nitrogens with one attached hydrogen (secondary N) is 1. The molecular formula is C14H25N3O3S. The van der Waals surface area contributed by atoms with Crippen molar-refractivity contribution in [1.29, 1.82) is 0 Å². The monoisotopic (exact) mass is 315 g/mol. The van der Waals surface area contributed by atoms with Crippen LogP contribution in [0.5, 0.6) is 0 Å². The number of rotatable bonds is 7. The normalized spacial score (nSPS) is 18.2. The minimum atomic E-state index is -3.50. The Balaban J connectivity index is 1.90. The second kappa shape index (κ2) is 6.91. The Kier molecular flexibility index (Phi) is 5.43. The van der Waals surface area contributed by atoms with Gasteiger partial charge in [-0.25, -0.2) is 13.1 Å². The predicted molar refractivity (Wildman–Crippen MR) is 81.4 cm³/mol. The molecule has 2 N–H and O–H groups in total. The lowest BCUT2D eigenvalue weighted by atomic mass is 10.2. The maximum absolute atomic E-state index is 12.2. The Labute approximate surface area is 126 Å². The van der Waals surface area contributed by atoms with E-state index in [0.29, 0.717) is 12.2 Å². The average molecular weight is 315 g/mol. The zero-order chi connectivity index (χ0) is 15.5. The van der Waals surface area contributed by atoms with Crippen LogP contribution >= 0.6 is 0 Å². The van der Waals surface area contributed by atoms with Gasteiger partial charge in [0.2, 0.25) is 10.0 Å². The summed E-state index contributed by atoms with van der Waals surface area (Å²) in [5.74, 6) is 0.277. The maximum Gasteiger partial charge on any atom is 0.242 e. The molecule has 1 unspecified atom stereocenters. The van der Waals surface area contributed by atoms with E-state index in [2.05, 4.69) is 16.5 Å². The molecule has 6 nitrogen and oxygen atoms in total. The molecule has 0 aromatic carbocycles. The van der Waals surface area contributed by atoms with Gasteiger partial charge in [0.1, 0.15) is 0 Å². The van der Waals surface area contributed by atoms with Crippen LogP contribution in [0.2, 0.25) is 0 Å². The Bertz CT molecular complexity index is 562. The summed E-state index contributed by atoms with van der Waals surface area (Å²) < 4.78 is 28.8. The fourth-order valence-corrected chi connectivity index (χ4v) is 3.95. The van der Waals surface area contributed by atoms with Crippen molar-refractivity contribution in [2.45, 2.75) is 31.3 Å². The molecular weight excluding hydrogens is 290 g/mol. The van der Waals surface area contributed by atoms with Crippen molar-refractivity contribution < 1.29 is 13.5 Å². The molecule has 0 saturated carbocycles. The van der Waals surface area contributed by atoms with Gasteiger partial charge in [-0.3, -0.25) is 0 Å². The van der Waals surface area contributed by atoms with Crippen molar-refractivity contribution in [1.82, 2.24) is 14.2 Å². The molecule has 1 aliphatic heterocycles. The SMILES string of the molecule is CC(CNS(=O)(=O)c1cc(CO)n(C)c1)CN1CCCC1. The summed E-state index contributed by atoms with van der Waals surface area (Å²) in [6.07, 6.45) is 4.01. The molecule has 1 saturated heterocycles. The van der Waals surface area contributed by atoms with Gasteiger partial charge < -0.3 is 14.6 Å². The topological polar surface area (TPSA) is 74.6 Å². The van der Waals surface area contributed by atoms with E-state index >= 15 is 0 Å². The van der Waals surface area contributed by atoms with E-state index in [9.17, 15) is 8.42 Å². The van der Waals surface area contributed by atoms with Crippen molar-refractivity contribution >= 4 is 10.0 Å². The Morgan fingerprint density at radius 1 is 1.38 bits per heavy atom. The van der Waals surface area contributed by atoms with Crippen LogP contribution in [-0.2, 0) is 23.7 Å². The third kappa shape index (κ3) is 4.29. The minimum Gasteiger partial charge on any atom is -0.390 e. The van der Waals surface area contributed by atoms with Gasteiger partial charge in [0.25, 0.3) is 0 Å². The molecule has 1 fully saturated rings. The van der Waals surface area contributed by atoms with Gasteiger partial charge >= 0.3 is 0 Å². The number of likely N-dealkylation sites (tertiary alicyclic amines) is 1. The highest BCUT2D eigenvalue weighted by atomic mass is 32.2. The van der Waals surface area contributed by atoms with Crippen molar-refractivity contribution in [3.63, 3.8) is 0 Å². The Morgan fingerprint density at radius 2 is 2.05 bits per heavy atom. The van der Waals surface area contributed by atoms with Crippen LogP contribution in [0.25, 0.3) is 0 Å². The van der Waals surface area contributed by atoms with Gasteiger partial charge in [-0.05, 0) is 37.9 Å². The molecule has 2 heterocycles. The Morgan fingerprint density at radius 3 is 2.62 bits per heavy atom. The summed E-state index contributed by atoms with van der Waals surface area (Å²) in [6.45, 7) is 5.50. The molecule has 21 heavy (non-hydrogen) atoms. The zero-order valence-corrected chi connectivity index (χ0v) is 13.6. The lowest BCUT2D eigenvalue weighted by Gasteiger charge is -2.20. The lowest BCUT2D eigenvalue weighted by Crippen LogP contribution is -2.34. The lowest BCUT2D eigenvalue weighted by molar-refractivity contribution is 0.272. The number of hydrogen-bond donors (Lipinski definition) is 2. The Hall–Kier alpha value is -0.890. The summed E-state index contributed by atoms with van der Waals surface area (Å²) >= 11 is 0. The molecule has 0 spiro atoms. The summed E-state index contributed by atoms with van der Waals surface area (Å²) in [5, 5.41) is 9.13. The van der Waals surface area contributed by atoms with Crippen LogP contribution in [0.1, 0.15) is 25.5 Å². The molecule has 1 atom stereocenters. The smallest absolute Gasteiger partial charge is 0.242 e. The van der Waals surface area contributed by atoms with E-state index in [1.54, 1.807) is 11.6 Å². The van der Waals surface area contributed by atoms with E-state index in [-0.39, 0.29) is 17.4 Å². The third-order valence-corrected chi connectivity index (χ3v) is 5.34.